The topological polar surface area (TPSA) is 36.4 Å². The molecule has 0 bridgehead atoms. The highest BCUT2D eigenvalue weighted by Gasteiger charge is 2.29. The second-order valence-electron chi connectivity index (χ2n) is 4.75. The van der Waals surface area contributed by atoms with Crippen LogP contribution in [-0.4, -0.2) is 11.5 Å². The molecule has 3 nitrogen and oxygen atoms in total. The Balaban J connectivity index is 1.81. The molecule has 92 valence electrons. The van der Waals surface area contributed by atoms with Gasteiger partial charge in [-0.2, -0.15) is 0 Å². The Morgan fingerprint density at radius 3 is 2.94 bits per heavy atom. The molecule has 0 amide bonds. The first-order valence-corrected chi connectivity index (χ1v) is 7.75. The summed E-state index contributed by atoms with van der Waals surface area (Å²) in [6.45, 7) is 2.23. The van der Waals surface area contributed by atoms with E-state index in [1.54, 1.807) is 23.3 Å². The average molecular weight is 288 g/mol. The molecule has 2 N–H and O–H groups in total. The Hall–Kier alpha value is -0.390. The van der Waals surface area contributed by atoms with Crippen molar-refractivity contribution in [3.05, 3.63) is 10.4 Å². The van der Waals surface area contributed by atoms with Crippen LogP contribution in [0.4, 0.5) is 5.69 Å². The van der Waals surface area contributed by atoms with Gasteiger partial charge in [-0.25, -0.2) is 4.99 Å². The van der Waals surface area contributed by atoms with Gasteiger partial charge in [-0.15, -0.1) is 11.3 Å². The first-order valence-electron chi connectivity index (χ1n) is 5.74. The lowest BCUT2D eigenvalue weighted by atomic mass is 10.0. The Labute approximate surface area is 114 Å². The highest BCUT2D eigenvalue weighted by atomic mass is 35.5. The monoisotopic (exact) mass is 287 g/mol. The zero-order valence-electron chi connectivity index (χ0n) is 9.55. The van der Waals surface area contributed by atoms with Gasteiger partial charge in [0.05, 0.1) is 15.6 Å². The van der Waals surface area contributed by atoms with Crippen molar-refractivity contribution >= 4 is 46.5 Å². The fourth-order valence-electron chi connectivity index (χ4n) is 2.33. The van der Waals surface area contributed by atoms with Gasteiger partial charge in [0.1, 0.15) is 4.21 Å². The van der Waals surface area contributed by atoms with Gasteiger partial charge < -0.3 is 5.32 Å². The molecule has 1 aromatic heterocycles. The summed E-state index contributed by atoms with van der Waals surface area (Å²) < 4.78 is 5.23. The molecule has 1 aliphatic heterocycles. The van der Waals surface area contributed by atoms with E-state index in [-0.39, 0.29) is 5.54 Å². The summed E-state index contributed by atoms with van der Waals surface area (Å²) in [5, 5.41) is 3.31. The van der Waals surface area contributed by atoms with Gasteiger partial charge >= 0.3 is 0 Å². The van der Waals surface area contributed by atoms with Crippen molar-refractivity contribution in [3.63, 3.8) is 0 Å². The van der Waals surface area contributed by atoms with Crippen LogP contribution < -0.4 is 10.0 Å². The molecule has 2 aliphatic rings. The van der Waals surface area contributed by atoms with Crippen LogP contribution in [0.1, 0.15) is 32.6 Å². The molecule has 1 fully saturated rings. The molecule has 0 unspecified atom stereocenters. The van der Waals surface area contributed by atoms with Crippen LogP contribution in [0.5, 0.6) is 0 Å². The molecule has 0 spiro atoms. The number of thiophene rings is 1. The molecule has 2 heterocycles. The van der Waals surface area contributed by atoms with Gasteiger partial charge in [-0.3, -0.25) is 4.72 Å². The van der Waals surface area contributed by atoms with Crippen LogP contribution >= 0.6 is 34.9 Å². The highest BCUT2D eigenvalue weighted by molar-refractivity contribution is 8.00. The van der Waals surface area contributed by atoms with Crippen molar-refractivity contribution in [2.24, 2.45) is 4.99 Å². The number of anilines is 1. The van der Waals surface area contributed by atoms with Gasteiger partial charge in [0.2, 0.25) is 5.96 Å². The number of nitrogens with zero attached hydrogens (tertiary/aromatic N) is 1. The largest absolute Gasteiger partial charge is 0.324 e. The minimum Gasteiger partial charge on any atom is -0.324 e. The molecular formula is C11H14ClN3S2. The van der Waals surface area contributed by atoms with Crippen LogP contribution in [0.25, 0.3) is 0 Å². The molecule has 1 aliphatic carbocycles. The SMILES string of the molecule is CC1(N=C2NSc3sc(Cl)cc3N2)CCCC1. The third kappa shape index (κ3) is 2.41. The number of halogens is 1. The minimum atomic E-state index is 0.104. The first-order chi connectivity index (χ1) is 8.15. The number of rotatable bonds is 1. The van der Waals surface area contributed by atoms with Gasteiger partial charge in [0, 0.05) is 11.9 Å². The number of guanidine groups is 1. The second-order valence-corrected chi connectivity index (χ2v) is 7.50. The van der Waals surface area contributed by atoms with Crippen LogP contribution in [0.2, 0.25) is 4.34 Å². The van der Waals surface area contributed by atoms with E-state index in [1.807, 2.05) is 6.07 Å². The maximum atomic E-state index is 5.99. The Morgan fingerprint density at radius 1 is 1.41 bits per heavy atom. The molecule has 0 radical (unpaired) electrons. The molecule has 0 atom stereocenters. The van der Waals surface area contributed by atoms with E-state index >= 15 is 0 Å². The van der Waals surface area contributed by atoms with Gasteiger partial charge in [0.25, 0.3) is 0 Å². The third-order valence-corrected chi connectivity index (χ3v) is 5.48. The molecule has 1 saturated carbocycles. The Morgan fingerprint density at radius 2 is 2.18 bits per heavy atom. The van der Waals surface area contributed by atoms with Crippen LogP contribution in [0.3, 0.4) is 0 Å². The Kier molecular flexibility index (Phi) is 3.00. The van der Waals surface area contributed by atoms with Gasteiger partial charge in [0.15, 0.2) is 0 Å². The summed E-state index contributed by atoms with van der Waals surface area (Å²) in [7, 11) is 0. The normalized spacial score (nSPS) is 24.2. The van der Waals surface area contributed by atoms with Crippen LogP contribution in [-0.2, 0) is 0 Å². The predicted octanol–water partition coefficient (Wildman–Crippen LogP) is 4.11. The summed E-state index contributed by atoms with van der Waals surface area (Å²) in [5.74, 6) is 0.862. The lowest BCUT2D eigenvalue weighted by Crippen LogP contribution is -2.32. The fourth-order valence-corrected chi connectivity index (χ4v) is 4.44. The second kappa shape index (κ2) is 4.37. The van der Waals surface area contributed by atoms with E-state index in [1.165, 1.54) is 29.9 Å². The van der Waals surface area contributed by atoms with E-state index in [4.69, 9.17) is 16.6 Å². The summed E-state index contributed by atoms with van der Waals surface area (Å²) in [5.41, 5.74) is 1.18. The predicted molar refractivity (Wildman–Crippen MR) is 76.3 cm³/mol. The zero-order valence-corrected chi connectivity index (χ0v) is 11.9. The van der Waals surface area contributed by atoms with Crippen molar-refractivity contribution in [1.82, 2.24) is 4.72 Å². The molecule has 0 saturated heterocycles. The smallest absolute Gasteiger partial charge is 0.206 e. The van der Waals surface area contributed by atoms with Crippen molar-refractivity contribution in [2.75, 3.05) is 5.32 Å². The minimum absolute atomic E-state index is 0.104. The summed E-state index contributed by atoms with van der Waals surface area (Å²) >= 11 is 9.17. The van der Waals surface area contributed by atoms with Gasteiger partial charge in [-0.05, 0) is 25.8 Å². The van der Waals surface area contributed by atoms with E-state index in [0.29, 0.717) is 0 Å². The molecule has 3 rings (SSSR count). The van der Waals surface area contributed by atoms with Crippen molar-refractivity contribution in [2.45, 2.75) is 42.4 Å². The Bertz CT molecular complexity index is 463. The number of hydrogen-bond acceptors (Lipinski definition) is 3. The van der Waals surface area contributed by atoms with E-state index in [2.05, 4.69) is 17.0 Å². The molecule has 6 heteroatoms. The number of aliphatic imine (C=N–C) groups is 1. The lowest BCUT2D eigenvalue weighted by Gasteiger charge is -2.23. The van der Waals surface area contributed by atoms with Crippen LogP contribution in [0, 0.1) is 0 Å². The number of hydrogen-bond donors (Lipinski definition) is 2. The van der Waals surface area contributed by atoms with E-state index < -0.39 is 0 Å². The van der Waals surface area contributed by atoms with Crippen molar-refractivity contribution in [1.29, 1.82) is 0 Å². The summed E-state index contributed by atoms with van der Waals surface area (Å²) in [6.07, 6.45) is 4.94. The molecule has 0 aromatic carbocycles. The summed E-state index contributed by atoms with van der Waals surface area (Å²) in [4.78, 5) is 4.81. The van der Waals surface area contributed by atoms with Gasteiger partial charge in [-0.1, -0.05) is 24.4 Å². The maximum absolute atomic E-state index is 5.99. The zero-order chi connectivity index (χ0) is 11.9. The highest BCUT2D eigenvalue weighted by Crippen LogP contribution is 2.40. The van der Waals surface area contributed by atoms with Crippen LogP contribution in [0.15, 0.2) is 15.3 Å². The molecule has 1 aromatic rings. The standard InChI is InChI=1S/C11H14ClN3S2/c1-11(4-2-3-5-11)14-10-13-7-6-8(12)16-9(7)17-15-10/h6H,2-5H2,1H3,(H2,13,14,15). The quantitative estimate of drug-likeness (QED) is 0.763. The number of nitrogens with one attached hydrogen (secondary N) is 2. The van der Waals surface area contributed by atoms with E-state index in [9.17, 15) is 0 Å². The molecule has 17 heavy (non-hydrogen) atoms. The number of fused-ring (bicyclic) bond motifs is 1. The summed E-state index contributed by atoms with van der Waals surface area (Å²) in [6, 6.07) is 1.96. The van der Waals surface area contributed by atoms with Crippen molar-refractivity contribution < 1.29 is 0 Å². The molecular weight excluding hydrogens is 274 g/mol. The fraction of sp³-hybridized carbons (Fsp3) is 0.545. The first kappa shape index (κ1) is 11.7. The van der Waals surface area contributed by atoms with Crippen molar-refractivity contribution in [3.8, 4) is 0 Å². The maximum Gasteiger partial charge on any atom is 0.206 e. The third-order valence-electron chi connectivity index (χ3n) is 3.22. The average Bonchev–Trinajstić information content (AvgIpc) is 2.83. The van der Waals surface area contributed by atoms with E-state index in [0.717, 1.165) is 16.0 Å². The lowest BCUT2D eigenvalue weighted by molar-refractivity contribution is 0.490.